The van der Waals surface area contributed by atoms with Gasteiger partial charge in [-0.05, 0) is 42.5 Å². The minimum atomic E-state index is -0.300. The monoisotopic (exact) mass is 428 g/mol. The quantitative estimate of drug-likeness (QED) is 0.514. The Morgan fingerprint density at radius 3 is 2.59 bits per heavy atom. The van der Waals surface area contributed by atoms with Crippen LogP contribution in [0.5, 0.6) is 0 Å². The van der Waals surface area contributed by atoms with E-state index in [4.69, 9.17) is 5.73 Å². The third-order valence-corrected chi connectivity index (χ3v) is 5.55. The number of nitrogen functional groups attached to an aromatic ring is 1. The van der Waals surface area contributed by atoms with Gasteiger partial charge in [0.1, 0.15) is 5.69 Å². The molecule has 0 spiro atoms. The fourth-order valence-corrected chi connectivity index (χ4v) is 3.93. The van der Waals surface area contributed by atoms with Crippen LogP contribution < -0.4 is 16.9 Å². The minimum Gasteiger partial charge on any atom is -0.382 e. The second-order valence-corrected chi connectivity index (χ2v) is 7.66. The van der Waals surface area contributed by atoms with Crippen molar-refractivity contribution in [2.24, 2.45) is 0 Å². The molecule has 0 atom stereocenters. The SMILES string of the molecule is Nc1nc(-n2ccccc2=O)c(-c2ccc3[nH]c(=O)ccc3c2)nc1C(=O)N1CCCC1. The summed E-state index contributed by atoms with van der Waals surface area (Å²) in [4.78, 5) is 50.8. The number of benzene rings is 1. The number of carbonyl (C=O) groups excluding carboxylic acids is 1. The number of hydrogen-bond donors (Lipinski definition) is 2. The fraction of sp³-hybridized carbons (Fsp3) is 0.174. The number of pyridine rings is 2. The van der Waals surface area contributed by atoms with Gasteiger partial charge in [-0.2, -0.15) is 0 Å². The fourth-order valence-electron chi connectivity index (χ4n) is 3.93. The predicted octanol–water partition coefficient (Wildman–Crippen LogP) is 1.95. The summed E-state index contributed by atoms with van der Waals surface area (Å²) in [5.41, 5.74) is 7.37. The highest BCUT2D eigenvalue weighted by Gasteiger charge is 2.26. The number of aromatic amines is 1. The van der Waals surface area contributed by atoms with Crippen molar-refractivity contribution < 1.29 is 4.79 Å². The number of rotatable bonds is 3. The number of nitrogens with zero attached hydrogens (tertiary/aromatic N) is 4. The van der Waals surface area contributed by atoms with E-state index >= 15 is 0 Å². The Morgan fingerprint density at radius 2 is 1.81 bits per heavy atom. The lowest BCUT2D eigenvalue weighted by Crippen LogP contribution is -2.30. The Labute approximate surface area is 182 Å². The second kappa shape index (κ2) is 7.77. The molecule has 1 aromatic carbocycles. The molecule has 9 nitrogen and oxygen atoms in total. The highest BCUT2D eigenvalue weighted by atomic mass is 16.2. The lowest BCUT2D eigenvalue weighted by atomic mass is 10.1. The van der Waals surface area contributed by atoms with Crippen molar-refractivity contribution in [1.82, 2.24) is 24.4 Å². The van der Waals surface area contributed by atoms with Crippen molar-refractivity contribution in [2.75, 3.05) is 18.8 Å². The largest absolute Gasteiger partial charge is 0.382 e. The molecule has 0 bridgehead atoms. The molecule has 1 saturated heterocycles. The molecule has 32 heavy (non-hydrogen) atoms. The molecule has 9 heteroatoms. The lowest BCUT2D eigenvalue weighted by molar-refractivity contribution is 0.0788. The number of nitrogens with one attached hydrogen (secondary N) is 1. The molecule has 1 aliphatic heterocycles. The normalized spacial score (nSPS) is 13.6. The van der Waals surface area contributed by atoms with Crippen LogP contribution in [-0.2, 0) is 0 Å². The maximum absolute atomic E-state index is 13.1. The molecule has 0 saturated carbocycles. The summed E-state index contributed by atoms with van der Waals surface area (Å²) in [6, 6.07) is 13.2. The summed E-state index contributed by atoms with van der Waals surface area (Å²) in [6.45, 7) is 1.30. The van der Waals surface area contributed by atoms with Gasteiger partial charge in [0.15, 0.2) is 17.3 Å². The van der Waals surface area contributed by atoms with Crippen LogP contribution in [-0.4, -0.2) is 43.4 Å². The van der Waals surface area contributed by atoms with Gasteiger partial charge in [-0.25, -0.2) is 9.97 Å². The Hall–Kier alpha value is -4.27. The summed E-state index contributed by atoms with van der Waals surface area (Å²) < 4.78 is 1.35. The van der Waals surface area contributed by atoms with E-state index in [1.54, 1.807) is 41.4 Å². The molecule has 160 valence electrons. The molecule has 3 N–H and O–H groups in total. The van der Waals surface area contributed by atoms with Crippen molar-refractivity contribution in [3.63, 3.8) is 0 Å². The first-order chi connectivity index (χ1) is 15.5. The maximum Gasteiger partial charge on any atom is 0.276 e. The van der Waals surface area contributed by atoms with E-state index in [0.29, 0.717) is 29.9 Å². The van der Waals surface area contributed by atoms with E-state index in [1.807, 2.05) is 6.07 Å². The highest BCUT2D eigenvalue weighted by molar-refractivity contribution is 5.97. The topological polar surface area (TPSA) is 127 Å². The zero-order valence-electron chi connectivity index (χ0n) is 17.1. The number of amides is 1. The first-order valence-corrected chi connectivity index (χ1v) is 10.3. The van der Waals surface area contributed by atoms with Gasteiger partial charge in [0.25, 0.3) is 11.5 Å². The smallest absolute Gasteiger partial charge is 0.276 e. The summed E-state index contributed by atoms with van der Waals surface area (Å²) in [7, 11) is 0. The van der Waals surface area contributed by atoms with Crippen molar-refractivity contribution in [1.29, 1.82) is 0 Å². The molecule has 3 aromatic heterocycles. The molecular weight excluding hydrogens is 408 g/mol. The Morgan fingerprint density at radius 1 is 1.00 bits per heavy atom. The van der Waals surface area contributed by atoms with Gasteiger partial charge in [0.05, 0.1) is 0 Å². The van der Waals surface area contributed by atoms with E-state index in [1.165, 1.54) is 16.7 Å². The third-order valence-electron chi connectivity index (χ3n) is 5.55. The van der Waals surface area contributed by atoms with Crippen LogP contribution in [0.15, 0.2) is 64.3 Å². The van der Waals surface area contributed by atoms with Crippen molar-refractivity contribution in [3.8, 4) is 17.1 Å². The summed E-state index contributed by atoms with van der Waals surface area (Å²) in [5.74, 6) is -0.0674. The van der Waals surface area contributed by atoms with Crippen LogP contribution in [0.25, 0.3) is 28.0 Å². The average Bonchev–Trinajstić information content (AvgIpc) is 3.33. The molecule has 0 unspecified atom stereocenters. The van der Waals surface area contributed by atoms with Crippen LogP contribution >= 0.6 is 0 Å². The first-order valence-electron chi connectivity index (χ1n) is 10.3. The molecule has 0 radical (unpaired) electrons. The lowest BCUT2D eigenvalue weighted by Gasteiger charge is -2.18. The Bertz CT molecular complexity index is 1470. The summed E-state index contributed by atoms with van der Waals surface area (Å²) in [5, 5.41) is 0.777. The van der Waals surface area contributed by atoms with Crippen LogP contribution in [0.1, 0.15) is 23.3 Å². The van der Waals surface area contributed by atoms with Gasteiger partial charge in [0, 0.05) is 42.5 Å². The molecule has 1 aliphatic rings. The van der Waals surface area contributed by atoms with Crippen molar-refractivity contribution in [2.45, 2.75) is 12.8 Å². The van der Waals surface area contributed by atoms with Gasteiger partial charge in [-0.3, -0.25) is 19.0 Å². The van der Waals surface area contributed by atoms with Gasteiger partial charge < -0.3 is 15.6 Å². The Balaban J connectivity index is 1.74. The zero-order chi connectivity index (χ0) is 22.2. The van der Waals surface area contributed by atoms with Gasteiger partial charge in [0.2, 0.25) is 5.56 Å². The van der Waals surface area contributed by atoms with Crippen LogP contribution in [0.2, 0.25) is 0 Å². The molecule has 1 fully saturated rings. The van der Waals surface area contributed by atoms with E-state index in [9.17, 15) is 14.4 Å². The number of fused-ring (bicyclic) bond motifs is 1. The summed E-state index contributed by atoms with van der Waals surface area (Å²) in [6.07, 6.45) is 3.45. The number of likely N-dealkylation sites (tertiary alicyclic amines) is 1. The van der Waals surface area contributed by atoms with Crippen LogP contribution in [0.3, 0.4) is 0 Å². The number of H-pyrrole nitrogens is 1. The second-order valence-electron chi connectivity index (χ2n) is 7.66. The zero-order valence-corrected chi connectivity index (χ0v) is 17.1. The highest BCUT2D eigenvalue weighted by Crippen LogP contribution is 2.28. The van der Waals surface area contributed by atoms with Crippen LogP contribution in [0.4, 0.5) is 5.82 Å². The van der Waals surface area contributed by atoms with E-state index in [2.05, 4.69) is 15.0 Å². The molecule has 1 amide bonds. The van der Waals surface area contributed by atoms with Gasteiger partial charge in [-0.1, -0.05) is 12.1 Å². The molecule has 5 rings (SSSR count). The predicted molar refractivity (Wildman–Crippen MR) is 121 cm³/mol. The Kier molecular flexibility index (Phi) is 4.78. The molecule has 0 aliphatic carbocycles. The number of hydrogen-bond acceptors (Lipinski definition) is 6. The van der Waals surface area contributed by atoms with Crippen molar-refractivity contribution >= 4 is 22.6 Å². The number of nitrogens with two attached hydrogens (primary N) is 1. The molecule has 4 aromatic rings. The maximum atomic E-state index is 13.1. The summed E-state index contributed by atoms with van der Waals surface area (Å²) >= 11 is 0. The molecule has 4 heterocycles. The van der Waals surface area contributed by atoms with E-state index < -0.39 is 0 Å². The van der Waals surface area contributed by atoms with Crippen LogP contribution in [0, 0.1) is 0 Å². The van der Waals surface area contributed by atoms with E-state index in [-0.39, 0.29) is 34.4 Å². The van der Waals surface area contributed by atoms with Gasteiger partial charge in [-0.15, -0.1) is 0 Å². The number of anilines is 1. The first kappa shape index (κ1) is 19.7. The minimum absolute atomic E-state index is 0.0264. The van der Waals surface area contributed by atoms with E-state index in [0.717, 1.165) is 18.2 Å². The number of carbonyl (C=O) groups is 1. The van der Waals surface area contributed by atoms with Gasteiger partial charge >= 0.3 is 0 Å². The standard InChI is InChI=1S/C23H20N6O3/c24-21-20(23(32)28-10-3-4-11-28)26-19(22(27-21)29-12-2-1-5-18(29)31)15-6-8-16-14(13-15)7-9-17(30)25-16/h1-2,5-9,12-13H,3-4,10-11H2,(H2,24,27)(H,25,30). The third kappa shape index (κ3) is 3.43. The average molecular weight is 428 g/mol. The van der Waals surface area contributed by atoms with Crippen molar-refractivity contribution in [3.05, 3.63) is 81.1 Å². The number of aromatic nitrogens is 4. The molecular formula is C23H20N6O3.